The van der Waals surface area contributed by atoms with E-state index >= 15 is 0 Å². The number of likely N-dealkylation sites (N-methyl/N-ethyl adjacent to an activating group) is 1. The van der Waals surface area contributed by atoms with Crippen LogP contribution >= 0.6 is 11.6 Å². The summed E-state index contributed by atoms with van der Waals surface area (Å²) < 4.78 is 30.3. The summed E-state index contributed by atoms with van der Waals surface area (Å²) in [5, 5.41) is 10.6. The largest absolute Gasteiger partial charge is 0.493 e. The number of rotatable bonds is 28. The molecule has 5 heterocycles. The number of halogens is 1. The third kappa shape index (κ3) is 15.1. The Morgan fingerprint density at radius 2 is 1.50 bits per heavy atom. The lowest BCUT2D eigenvalue weighted by molar-refractivity contribution is -0.151. The molecule has 0 spiro atoms. The van der Waals surface area contributed by atoms with Gasteiger partial charge in [-0.3, -0.25) is 38.5 Å². The van der Waals surface area contributed by atoms with E-state index in [9.17, 15) is 43.2 Å². The van der Waals surface area contributed by atoms with Crippen molar-refractivity contribution in [2.24, 2.45) is 11.1 Å². The second-order valence-electron chi connectivity index (χ2n) is 24.9. The first-order chi connectivity index (χ1) is 45.4. The minimum absolute atomic E-state index is 0.118. The smallest absolute Gasteiger partial charge is 0.416 e. The second-order valence-corrected chi connectivity index (χ2v) is 25.3. The molecule has 0 radical (unpaired) electrons. The quantitative estimate of drug-likeness (QED) is 0.0237. The van der Waals surface area contributed by atoms with Crippen molar-refractivity contribution in [3.05, 3.63) is 107 Å². The van der Waals surface area contributed by atoms with E-state index < -0.39 is 53.6 Å². The second kappa shape index (κ2) is 31.1. The van der Waals surface area contributed by atoms with Crippen LogP contribution in [0.2, 0.25) is 0 Å². The maximum absolute atomic E-state index is 14.6. The molecule has 1 saturated carbocycles. The van der Waals surface area contributed by atoms with Gasteiger partial charge in [0.25, 0.3) is 17.7 Å². The van der Waals surface area contributed by atoms with Crippen LogP contribution in [0, 0.1) is 5.41 Å². The number of imide groups is 1. The lowest BCUT2D eigenvalue weighted by Gasteiger charge is -2.39. The Kier molecular flexibility index (Phi) is 22.6. The van der Waals surface area contributed by atoms with Crippen LogP contribution in [0.15, 0.2) is 90.5 Å². The van der Waals surface area contributed by atoms with E-state index in [0.29, 0.717) is 144 Å². The lowest BCUT2D eigenvalue weighted by atomic mass is 9.67. The van der Waals surface area contributed by atoms with E-state index in [4.69, 9.17) is 41.0 Å². The molecule has 25 heteroatoms. The maximum Gasteiger partial charge on any atom is 0.416 e. The Labute approximate surface area is 552 Å². The Morgan fingerprint density at radius 1 is 0.777 bits per heavy atom. The van der Waals surface area contributed by atoms with E-state index in [1.54, 1.807) is 57.2 Å². The SMILES string of the molecule is C=C(Cl)[C@@H]1CN(C(=O)CCCCCOc2cc3c(cc2OC)C(=O)N2CCCC2C(OC)N3C(=O)OCc2ccc(NC(=O)[C@H](CCCCN)NC(=O)C3(C(=O)NCCCCCN4C(=O)C=CC4=O)CCC3)cc2)c2cc(OC(=O)N3CCN(C)CC3)c3ccccc3c21. The minimum atomic E-state index is -1.32. The van der Waals surface area contributed by atoms with E-state index in [1.165, 1.54) is 36.2 Å². The summed E-state index contributed by atoms with van der Waals surface area (Å²) in [4.78, 5) is 132. The van der Waals surface area contributed by atoms with Gasteiger partial charge in [-0.25, -0.2) is 14.5 Å². The Morgan fingerprint density at radius 3 is 2.19 bits per heavy atom. The number of methoxy groups -OCH3 is 2. The molecule has 4 atom stereocenters. The average molecular weight is 1310 g/mol. The van der Waals surface area contributed by atoms with Crippen molar-refractivity contribution in [2.75, 3.05) is 102 Å². The van der Waals surface area contributed by atoms with Gasteiger partial charge in [-0.1, -0.05) is 61.0 Å². The van der Waals surface area contributed by atoms with Crippen LogP contribution in [-0.4, -0.2) is 178 Å². The van der Waals surface area contributed by atoms with Crippen LogP contribution < -0.4 is 45.7 Å². The topological polar surface area (TPSA) is 281 Å². The molecular formula is C69H85ClN10O14. The van der Waals surface area contributed by atoms with Crippen molar-refractivity contribution in [3.63, 3.8) is 0 Å². The van der Waals surface area contributed by atoms with Gasteiger partial charge in [-0.2, -0.15) is 0 Å². The number of carbonyl (C=O) groups excluding carboxylic acids is 9. The molecule has 2 saturated heterocycles. The standard InChI is InChI=1S/C69H85ClN10O14/c1-44(70)50-42-79(54-41-55(47-17-8-9-18-48(47)61(50)54)94-67(88)76-36-34-75(2)35-37-76)58(81)21-7-5-14-38-92-57-40-53-49(39-56(57)90-3)63(85)77-33-15-20-52(77)64(91-4)80(53)68(89)93-43-45-22-24-46(25-23-45)73-62(84)51(19-10-11-30-71)74-66(87)69(28-16-29-69)65(86)72-31-12-6-13-32-78-59(82)26-27-60(78)83/h8-9,17-18,22-27,39-41,50-52,64H,1,5-7,10-16,19-21,28-38,42-43,71H2,2-4H3,(H,72,86)(H,73,84)(H,74,87)/t50-,51-,52?,64?/m0/s1. The number of carbonyl (C=O) groups is 9. The molecule has 2 unspecified atom stereocenters. The predicted molar refractivity (Wildman–Crippen MR) is 353 cm³/mol. The van der Waals surface area contributed by atoms with Crippen molar-refractivity contribution in [3.8, 4) is 17.2 Å². The summed E-state index contributed by atoms with van der Waals surface area (Å²) in [5.74, 6) is -1.94. The number of hydrogen-bond acceptors (Lipinski definition) is 16. The summed E-state index contributed by atoms with van der Waals surface area (Å²) in [6, 6.07) is 17.8. The summed E-state index contributed by atoms with van der Waals surface area (Å²) in [5.41, 5.74) is 7.35. The number of nitrogens with zero attached hydrogens (tertiary/aromatic N) is 6. The third-order valence-electron chi connectivity index (χ3n) is 18.8. The molecular weight excluding hydrogens is 1230 g/mol. The molecule has 5 aliphatic heterocycles. The molecule has 9 amide bonds. The van der Waals surface area contributed by atoms with Gasteiger partial charge in [-0.05, 0) is 132 Å². The zero-order valence-electron chi connectivity index (χ0n) is 53.8. The molecule has 94 heavy (non-hydrogen) atoms. The highest BCUT2D eigenvalue weighted by Gasteiger charge is 2.52. The van der Waals surface area contributed by atoms with E-state index in [-0.39, 0.29) is 91.4 Å². The minimum Gasteiger partial charge on any atom is -0.493 e. The van der Waals surface area contributed by atoms with E-state index in [2.05, 4.69) is 27.4 Å². The molecule has 6 aliphatic rings. The predicted octanol–water partition coefficient (Wildman–Crippen LogP) is 8.08. The van der Waals surface area contributed by atoms with Gasteiger partial charge >= 0.3 is 12.2 Å². The molecule has 4 aromatic rings. The van der Waals surface area contributed by atoms with Crippen LogP contribution in [0.4, 0.5) is 26.7 Å². The summed E-state index contributed by atoms with van der Waals surface area (Å²) in [6.07, 6.45) is 8.05. The van der Waals surface area contributed by atoms with Crippen LogP contribution in [0.25, 0.3) is 10.8 Å². The lowest BCUT2D eigenvalue weighted by Crippen LogP contribution is -2.58. The van der Waals surface area contributed by atoms with Crippen molar-refractivity contribution >= 4 is 93.0 Å². The van der Waals surface area contributed by atoms with Gasteiger partial charge in [0.2, 0.25) is 23.6 Å². The van der Waals surface area contributed by atoms with Crippen LogP contribution in [0.1, 0.15) is 124 Å². The Balaban J connectivity index is 0.747. The van der Waals surface area contributed by atoms with Gasteiger partial charge < -0.3 is 65.0 Å². The molecule has 502 valence electrons. The number of unbranched alkanes of at least 4 members (excludes halogenated alkanes) is 5. The van der Waals surface area contributed by atoms with Gasteiger partial charge in [0.15, 0.2) is 17.7 Å². The van der Waals surface area contributed by atoms with Crippen molar-refractivity contribution in [1.29, 1.82) is 0 Å². The first-order valence-corrected chi connectivity index (χ1v) is 33.1. The fourth-order valence-electron chi connectivity index (χ4n) is 13.2. The zero-order valence-corrected chi connectivity index (χ0v) is 54.5. The highest BCUT2D eigenvalue weighted by Crippen LogP contribution is 2.49. The number of hydrogen-bond donors (Lipinski definition) is 4. The van der Waals surface area contributed by atoms with E-state index in [1.807, 2.05) is 31.3 Å². The maximum atomic E-state index is 14.6. The van der Waals surface area contributed by atoms with Gasteiger partial charge in [0.05, 0.1) is 36.7 Å². The summed E-state index contributed by atoms with van der Waals surface area (Å²) in [6.45, 7) is 8.35. The number of ether oxygens (including phenoxy) is 5. The molecule has 1 aliphatic carbocycles. The monoisotopic (exact) mass is 1310 g/mol. The molecule has 0 bridgehead atoms. The molecule has 0 aromatic heterocycles. The molecule has 24 nitrogen and oxygen atoms in total. The fraction of sp³-hybridized carbons (Fsp3) is 0.493. The number of nitrogens with two attached hydrogens (primary N) is 1. The molecule has 10 rings (SSSR count). The number of amides is 9. The first kappa shape index (κ1) is 68.3. The Bertz CT molecular complexity index is 3540. The van der Waals surface area contributed by atoms with Crippen molar-refractivity contribution < 1.29 is 66.8 Å². The van der Waals surface area contributed by atoms with Gasteiger partial charge in [-0.15, -0.1) is 0 Å². The normalized spacial score (nSPS) is 19.2. The highest BCUT2D eigenvalue weighted by molar-refractivity contribution is 6.30. The summed E-state index contributed by atoms with van der Waals surface area (Å²) in [7, 11) is 4.96. The van der Waals surface area contributed by atoms with Crippen LogP contribution in [-0.2, 0) is 44.8 Å². The number of piperazine rings is 1. The zero-order chi connectivity index (χ0) is 66.6. The van der Waals surface area contributed by atoms with Crippen molar-refractivity contribution in [2.45, 2.75) is 127 Å². The summed E-state index contributed by atoms with van der Waals surface area (Å²) >= 11 is 6.65. The van der Waals surface area contributed by atoms with Gasteiger partial charge in [0.1, 0.15) is 23.8 Å². The molecule has 3 fully saturated rings. The molecule has 4 aromatic carbocycles. The van der Waals surface area contributed by atoms with Gasteiger partial charge in [0, 0.05) is 112 Å². The number of nitrogens with one attached hydrogen (secondary N) is 3. The van der Waals surface area contributed by atoms with Crippen molar-refractivity contribution in [1.82, 2.24) is 30.2 Å². The first-order valence-electron chi connectivity index (χ1n) is 32.7. The Hall–Kier alpha value is -8.58. The van der Waals surface area contributed by atoms with E-state index in [0.717, 1.165) is 29.4 Å². The van der Waals surface area contributed by atoms with Crippen LogP contribution in [0.5, 0.6) is 17.2 Å². The fourth-order valence-corrected chi connectivity index (χ4v) is 13.4. The number of anilines is 3. The number of benzene rings is 4. The van der Waals surface area contributed by atoms with Crippen LogP contribution in [0.3, 0.4) is 0 Å². The third-order valence-corrected chi connectivity index (χ3v) is 19.1. The number of fused-ring (bicyclic) bond motifs is 5. The highest BCUT2D eigenvalue weighted by atomic mass is 35.5. The molecule has 5 N–H and O–H groups in total. The average Bonchev–Trinajstić information content (AvgIpc) is 1.56.